The first-order chi connectivity index (χ1) is 23.6. The van der Waals surface area contributed by atoms with Gasteiger partial charge in [0.25, 0.3) is 0 Å². The maximum Gasteiger partial charge on any atom is 0.313 e. The highest BCUT2D eigenvalue weighted by Gasteiger charge is 2.74. The van der Waals surface area contributed by atoms with E-state index in [0.717, 1.165) is 11.1 Å². The summed E-state index contributed by atoms with van der Waals surface area (Å²) in [7, 11) is 1.71. The van der Waals surface area contributed by atoms with Gasteiger partial charge in [-0.3, -0.25) is 19.2 Å². The summed E-state index contributed by atoms with van der Waals surface area (Å²) in [5.74, 6) is -3.39. The standard InChI is InChI=1S/C39H47N3O7/c1-25(2)22-29(24-43)42-35-37(46)41(23-27-14-8-5-9-15-27)21-13-7-12-18-31(44)40(4)26(3)34(28-16-10-6-11-17-28)48-38(47)32-30-19-20-39(35,49-30)33(32)36(42)45/h5-11,13-17,19-20,25-26,29-30,32-35,43H,12,18,21-24H2,1-4H3/b13-7-/t26-,29+,30+,32-,33-,34+,35+,39-/m0/s1. The summed E-state index contributed by atoms with van der Waals surface area (Å²) >= 11 is 0. The lowest BCUT2D eigenvalue weighted by atomic mass is 9.74. The fourth-order valence-electron chi connectivity index (χ4n) is 8.00. The number of benzene rings is 2. The Morgan fingerprint density at radius 3 is 2.33 bits per heavy atom. The second-order valence-electron chi connectivity index (χ2n) is 14.1. The number of likely N-dealkylation sites (N-methyl/N-ethyl adjacent to an activating group) is 1. The number of hydrogen-bond acceptors (Lipinski definition) is 7. The molecule has 6 rings (SSSR count). The Bertz CT molecular complexity index is 1590. The average molecular weight is 670 g/mol. The van der Waals surface area contributed by atoms with Gasteiger partial charge in [-0.05, 0) is 36.8 Å². The second-order valence-corrected chi connectivity index (χ2v) is 14.1. The average Bonchev–Trinajstić information content (AvgIpc) is 3.75. The highest BCUT2D eigenvalue weighted by atomic mass is 16.6. The van der Waals surface area contributed by atoms with Crippen LogP contribution in [0.5, 0.6) is 0 Å². The normalized spacial score (nSPS) is 31.8. The molecular formula is C39H47N3O7. The second kappa shape index (κ2) is 14.3. The topological polar surface area (TPSA) is 117 Å². The first-order valence-electron chi connectivity index (χ1n) is 17.4. The van der Waals surface area contributed by atoms with Crippen LogP contribution in [0.3, 0.4) is 0 Å². The van der Waals surface area contributed by atoms with Gasteiger partial charge < -0.3 is 29.3 Å². The molecule has 49 heavy (non-hydrogen) atoms. The number of amides is 3. The van der Waals surface area contributed by atoms with E-state index in [2.05, 4.69) is 0 Å². The number of aliphatic hydroxyl groups excluding tert-OH is 1. The maximum atomic E-state index is 15.0. The van der Waals surface area contributed by atoms with Crippen molar-refractivity contribution in [3.05, 3.63) is 96.1 Å². The van der Waals surface area contributed by atoms with E-state index >= 15 is 0 Å². The lowest BCUT2D eigenvalue weighted by Gasteiger charge is -2.39. The number of fused-ring (bicyclic) bond motifs is 2. The molecule has 0 radical (unpaired) electrons. The smallest absolute Gasteiger partial charge is 0.313 e. The molecule has 2 fully saturated rings. The van der Waals surface area contributed by atoms with Crippen molar-refractivity contribution in [2.45, 2.75) is 82.5 Å². The Morgan fingerprint density at radius 2 is 1.65 bits per heavy atom. The van der Waals surface area contributed by atoms with Crippen LogP contribution in [0.2, 0.25) is 0 Å². The van der Waals surface area contributed by atoms with Crippen molar-refractivity contribution in [2.24, 2.45) is 17.8 Å². The molecule has 8 atom stereocenters. The number of ether oxygens (including phenoxy) is 2. The van der Waals surface area contributed by atoms with E-state index in [1.165, 1.54) is 4.90 Å². The van der Waals surface area contributed by atoms with E-state index in [0.29, 0.717) is 12.8 Å². The van der Waals surface area contributed by atoms with E-state index in [1.54, 1.807) is 29.0 Å². The van der Waals surface area contributed by atoms with Crippen molar-refractivity contribution in [1.82, 2.24) is 14.7 Å². The number of nitrogens with zero attached hydrogens (tertiary/aromatic N) is 3. The zero-order valence-corrected chi connectivity index (χ0v) is 28.7. The van der Waals surface area contributed by atoms with Gasteiger partial charge in [0.05, 0.1) is 30.7 Å². The summed E-state index contributed by atoms with van der Waals surface area (Å²) in [5, 5.41) is 10.7. The minimum atomic E-state index is -1.42. The van der Waals surface area contributed by atoms with Gasteiger partial charge >= 0.3 is 5.97 Å². The van der Waals surface area contributed by atoms with Crippen molar-refractivity contribution in [1.29, 1.82) is 0 Å². The molecule has 4 aliphatic heterocycles. The van der Waals surface area contributed by atoms with Crippen LogP contribution in [0.15, 0.2) is 85.0 Å². The van der Waals surface area contributed by atoms with Gasteiger partial charge in [-0.25, -0.2) is 0 Å². The summed E-state index contributed by atoms with van der Waals surface area (Å²) in [6, 6.07) is 16.6. The number of allylic oxidation sites excluding steroid dienone is 1. The molecule has 0 aliphatic carbocycles. The molecule has 2 saturated heterocycles. The third-order valence-corrected chi connectivity index (χ3v) is 10.5. The van der Waals surface area contributed by atoms with Crippen LogP contribution in [-0.4, -0.2) is 93.5 Å². The molecule has 2 aromatic rings. The van der Waals surface area contributed by atoms with Gasteiger partial charge in [0.15, 0.2) is 0 Å². The van der Waals surface area contributed by atoms with Gasteiger partial charge in [0.2, 0.25) is 17.7 Å². The number of carbonyl (C=O) groups excluding carboxylic acids is 4. The Morgan fingerprint density at radius 1 is 0.959 bits per heavy atom. The molecule has 5 bridgehead atoms. The minimum Gasteiger partial charge on any atom is -0.455 e. The Labute approximate surface area is 288 Å². The van der Waals surface area contributed by atoms with Gasteiger partial charge in [0.1, 0.15) is 23.7 Å². The van der Waals surface area contributed by atoms with Crippen LogP contribution in [0.25, 0.3) is 0 Å². The van der Waals surface area contributed by atoms with E-state index < -0.39 is 59.6 Å². The SMILES string of the molecule is CC(C)C[C@H](CO)N1C(=O)[C@@H]2[C@H]3C(=O)O[C@@H](c4ccccc4)[C@H](C)N(C)C(=O)CC/C=C\CN(Cc4ccccc4)C(=O)[C@@H]1[C@]21C=C[C@H]3O1. The summed E-state index contributed by atoms with van der Waals surface area (Å²) in [6.07, 6.45) is 6.90. The van der Waals surface area contributed by atoms with E-state index in [-0.39, 0.29) is 43.8 Å². The lowest BCUT2D eigenvalue weighted by molar-refractivity contribution is -0.164. The molecule has 3 amide bonds. The van der Waals surface area contributed by atoms with Gasteiger partial charge in [-0.2, -0.15) is 0 Å². The van der Waals surface area contributed by atoms with Crippen molar-refractivity contribution in [2.75, 3.05) is 20.2 Å². The van der Waals surface area contributed by atoms with Gasteiger partial charge in [0, 0.05) is 26.6 Å². The molecule has 4 heterocycles. The van der Waals surface area contributed by atoms with Gasteiger partial charge in [-0.1, -0.05) is 98.8 Å². The first kappa shape index (κ1) is 34.6. The number of cyclic esters (lactones) is 1. The van der Waals surface area contributed by atoms with E-state index in [9.17, 15) is 24.3 Å². The summed E-state index contributed by atoms with van der Waals surface area (Å²) in [6.45, 7) is 6.02. The molecule has 10 nitrogen and oxygen atoms in total. The predicted octanol–water partition coefficient (Wildman–Crippen LogP) is 4.05. The molecule has 4 aliphatic rings. The molecule has 0 aromatic heterocycles. The fourth-order valence-corrected chi connectivity index (χ4v) is 8.00. The predicted molar refractivity (Wildman–Crippen MR) is 182 cm³/mol. The molecular weight excluding hydrogens is 622 g/mol. The largest absolute Gasteiger partial charge is 0.455 e. The van der Waals surface area contributed by atoms with Crippen molar-refractivity contribution < 1.29 is 33.8 Å². The van der Waals surface area contributed by atoms with Crippen LogP contribution in [0.4, 0.5) is 0 Å². The Hall–Kier alpha value is -4.28. The third-order valence-electron chi connectivity index (χ3n) is 10.5. The zero-order chi connectivity index (χ0) is 34.9. The molecule has 1 N–H and O–H groups in total. The number of likely N-dealkylation sites (tertiary alicyclic amines) is 1. The highest BCUT2D eigenvalue weighted by molar-refractivity contribution is 5.99. The van der Waals surface area contributed by atoms with Crippen molar-refractivity contribution >= 4 is 23.7 Å². The van der Waals surface area contributed by atoms with E-state index in [4.69, 9.17) is 9.47 Å². The highest BCUT2D eigenvalue weighted by Crippen LogP contribution is 2.56. The molecule has 1 spiro atoms. The van der Waals surface area contributed by atoms with Crippen LogP contribution in [0, 0.1) is 17.8 Å². The zero-order valence-electron chi connectivity index (χ0n) is 28.7. The van der Waals surface area contributed by atoms with E-state index in [1.807, 2.05) is 93.6 Å². The minimum absolute atomic E-state index is 0.106. The third kappa shape index (κ3) is 6.44. The first-order valence-corrected chi connectivity index (χ1v) is 17.4. The number of aliphatic hydroxyl groups is 1. The fraction of sp³-hybridized carbons (Fsp3) is 0.487. The summed E-state index contributed by atoms with van der Waals surface area (Å²) < 4.78 is 12.9. The summed E-state index contributed by atoms with van der Waals surface area (Å²) in [5.41, 5.74) is 0.212. The van der Waals surface area contributed by atoms with Gasteiger partial charge in [-0.15, -0.1) is 0 Å². The quantitative estimate of drug-likeness (QED) is 0.349. The Kier molecular flexibility index (Phi) is 10.1. The molecule has 0 unspecified atom stereocenters. The van der Waals surface area contributed by atoms with Crippen molar-refractivity contribution in [3.63, 3.8) is 0 Å². The molecule has 2 aromatic carbocycles. The number of esters is 1. The van der Waals surface area contributed by atoms with Crippen LogP contribution < -0.4 is 0 Å². The van der Waals surface area contributed by atoms with Crippen molar-refractivity contribution in [3.8, 4) is 0 Å². The Balaban J connectivity index is 1.46. The maximum absolute atomic E-state index is 15.0. The molecule has 10 heteroatoms. The summed E-state index contributed by atoms with van der Waals surface area (Å²) in [4.78, 5) is 62.3. The van der Waals surface area contributed by atoms with Crippen LogP contribution in [-0.2, 0) is 35.2 Å². The number of carbonyl (C=O) groups is 4. The number of hydrogen-bond donors (Lipinski definition) is 1. The monoisotopic (exact) mass is 669 g/mol. The lowest BCUT2D eigenvalue weighted by Crippen LogP contribution is -2.58. The molecule has 0 saturated carbocycles. The number of rotatable bonds is 7. The van der Waals surface area contributed by atoms with Crippen LogP contribution in [0.1, 0.15) is 57.3 Å². The van der Waals surface area contributed by atoms with Crippen LogP contribution >= 0.6 is 0 Å². The molecule has 260 valence electrons.